The largest absolute Gasteiger partial charge is 0.457 e. The average Bonchev–Trinajstić information content (AvgIpc) is 2.97. The van der Waals surface area contributed by atoms with E-state index in [2.05, 4.69) is 6.07 Å². The van der Waals surface area contributed by atoms with Gasteiger partial charge in [-0.3, -0.25) is 0 Å². The van der Waals surface area contributed by atoms with Gasteiger partial charge in [-0.15, -0.1) is 0 Å². The van der Waals surface area contributed by atoms with E-state index in [-0.39, 0.29) is 17.9 Å². The van der Waals surface area contributed by atoms with Crippen LogP contribution in [0.15, 0.2) is 42.5 Å². The zero-order valence-electron chi connectivity index (χ0n) is 13.4. The third kappa shape index (κ3) is 2.51. The first-order valence-corrected chi connectivity index (χ1v) is 8.53. The van der Waals surface area contributed by atoms with Crippen LogP contribution in [0, 0.1) is 0 Å². The number of carbonyl (C=O) groups is 1. The van der Waals surface area contributed by atoms with Gasteiger partial charge in [0.2, 0.25) is 0 Å². The zero-order valence-corrected chi connectivity index (χ0v) is 14.1. The van der Waals surface area contributed by atoms with Crippen LogP contribution in [0.5, 0.6) is 11.5 Å². The first kappa shape index (κ1) is 15.3. The third-order valence-electron chi connectivity index (χ3n) is 4.76. The molecule has 124 valence electrons. The fourth-order valence-electron chi connectivity index (χ4n) is 3.70. The van der Waals surface area contributed by atoms with Gasteiger partial charge in [-0.05, 0) is 31.2 Å². The van der Waals surface area contributed by atoms with E-state index in [9.17, 15) is 4.79 Å². The predicted octanol–water partition coefficient (Wildman–Crippen LogP) is 4.79. The molecular formula is C19H18ClNO3. The molecule has 5 heteroatoms. The number of fused-ring (bicyclic) bond motifs is 5. The molecule has 0 N–H and O–H groups in total. The molecule has 2 aromatic rings. The number of amides is 1. The summed E-state index contributed by atoms with van der Waals surface area (Å²) in [5, 5.41) is 0.677. The number of rotatable bonds is 1. The maximum Gasteiger partial charge on any atom is 0.409 e. The third-order valence-corrected chi connectivity index (χ3v) is 4.99. The molecule has 0 aromatic heterocycles. The lowest BCUT2D eigenvalue weighted by atomic mass is 9.84. The Hall–Kier alpha value is -2.20. The lowest BCUT2D eigenvalue weighted by Crippen LogP contribution is -2.29. The second-order valence-corrected chi connectivity index (χ2v) is 6.58. The topological polar surface area (TPSA) is 38.8 Å². The number of halogens is 1. The van der Waals surface area contributed by atoms with Gasteiger partial charge >= 0.3 is 6.09 Å². The lowest BCUT2D eigenvalue weighted by molar-refractivity contribution is 0.115. The van der Waals surface area contributed by atoms with Gasteiger partial charge in [0.1, 0.15) is 11.5 Å². The fraction of sp³-hybridized carbons (Fsp3) is 0.316. The Morgan fingerprint density at radius 1 is 1.17 bits per heavy atom. The van der Waals surface area contributed by atoms with Crippen LogP contribution < -0.4 is 4.74 Å². The van der Waals surface area contributed by atoms with Crippen LogP contribution in [0.2, 0.25) is 5.02 Å². The minimum Gasteiger partial charge on any atom is -0.457 e. The highest BCUT2D eigenvalue weighted by molar-refractivity contribution is 6.30. The van der Waals surface area contributed by atoms with Gasteiger partial charge in [-0.1, -0.05) is 29.8 Å². The Labute approximate surface area is 145 Å². The van der Waals surface area contributed by atoms with Crippen molar-refractivity contribution in [1.82, 2.24) is 4.90 Å². The Morgan fingerprint density at radius 3 is 2.67 bits per heavy atom. The molecule has 1 saturated heterocycles. The molecule has 1 fully saturated rings. The summed E-state index contributed by atoms with van der Waals surface area (Å²) >= 11 is 6.22. The van der Waals surface area contributed by atoms with Crippen molar-refractivity contribution in [2.75, 3.05) is 19.7 Å². The summed E-state index contributed by atoms with van der Waals surface area (Å²) in [6, 6.07) is 13.7. The highest BCUT2D eigenvalue weighted by Crippen LogP contribution is 2.50. The van der Waals surface area contributed by atoms with Crippen molar-refractivity contribution in [1.29, 1.82) is 0 Å². The first-order valence-electron chi connectivity index (χ1n) is 8.15. The maximum atomic E-state index is 12.2. The van der Waals surface area contributed by atoms with Crippen molar-refractivity contribution in [3.05, 3.63) is 58.6 Å². The van der Waals surface area contributed by atoms with E-state index in [0.29, 0.717) is 24.7 Å². The van der Waals surface area contributed by atoms with Crippen LogP contribution in [-0.4, -0.2) is 30.7 Å². The van der Waals surface area contributed by atoms with Crippen LogP contribution >= 0.6 is 11.6 Å². The molecule has 24 heavy (non-hydrogen) atoms. The molecule has 0 radical (unpaired) electrons. The summed E-state index contributed by atoms with van der Waals surface area (Å²) in [6.07, 6.45) is -0.257. The van der Waals surface area contributed by atoms with E-state index in [1.165, 1.54) is 0 Å². The molecular weight excluding hydrogens is 326 g/mol. The van der Waals surface area contributed by atoms with Crippen molar-refractivity contribution in [3.8, 4) is 11.5 Å². The second kappa shape index (κ2) is 6.02. The number of hydrogen-bond acceptors (Lipinski definition) is 3. The molecule has 0 saturated carbocycles. The number of likely N-dealkylation sites (tertiary alicyclic amines) is 1. The van der Waals surface area contributed by atoms with E-state index in [1.54, 1.807) is 4.90 Å². The number of nitrogens with zero attached hydrogens (tertiary/aromatic N) is 1. The SMILES string of the molecule is CCOC(=O)N1C[C@@H]2c3ccccc3Oc3ccc(Cl)cc3[C@H]2C1. The molecule has 2 atom stereocenters. The Bertz CT molecular complexity index is 792. The first-order chi connectivity index (χ1) is 11.7. The molecule has 2 aromatic carbocycles. The van der Waals surface area contributed by atoms with E-state index < -0.39 is 0 Å². The minimum absolute atomic E-state index is 0.145. The standard InChI is InChI=1S/C19H18ClNO3/c1-2-23-19(22)21-10-15-13-5-3-4-6-17(13)24-18-8-7-12(20)9-14(18)16(15)11-21/h3-9,15-16H,2,10-11H2,1H3/t15-,16-/m1/s1. The van der Waals surface area contributed by atoms with Gasteiger partial charge < -0.3 is 14.4 Å². The van der Waals surface area contributed by atoms with E-state index in [1.807, 2.05) is 43.3 Å². The molecule has 4 nitrogen and oxygen atoms in total. The Kier molecular flexibility index (Phi) is 3.85. The predicted molar refractivity (Wildman–Crippen MR) is 92.0 cm³/mol. The van der Waals surface area contributed by atoms with Crippen LogP contribution in [0.25, 0.3) is 0 Å². The van der Waals surface area contributed by atoms with Gasteiger partial charge in [0.05, 0.1) is 6.61 Å². The summed E-state index contributed by atoms with van der Waals surface area (Å²) in [4.78, 5) is 14.0. The van der Waals surface area contributed by atoms with Gasteiger partial charge in [-0.2, -0.15) is 0 Å². The number of carbonyl (C=O) groups excluding carboxylic acids is 1. The van der Waals surface area contributed by atoms with Gasteiger partial charge in [0.15, 0.2) is 0 Å². The summed E-state index contributed by atoms with van der Waals surface area (Å²) < 4.78 is 11.3. The second-order valence-electron chi connectivity index (χ2n) is 6.14. The van der Waals surface area contributed by atoms with E-state index >= 15 is 0 Å². The molecule has 1 amide bonds. The fourth-order valence-corrected chi connectivity index (χ4v) is 3.88. The molecule has 0 bridgehead atoms. The average molecular weight is 344 g/mol. The summed E-state index contributed by atoms with van der Waals surface area (Å²) in [5.74, 6) is 1.97. The molecule has 0 aliphatic carbocycles. The quantitative estimate of drug-likeness (QED) is 0.747. The lowest BCUT2D eigenvalue weighted by Gasteiger charge is -2.17. The van der Waals surface area contributed by atoms with Crippen molar-refractivity contribution in [3.63, 3.8) is 0 Å². The van der Waals surface area contributed by atoms with E-state index in [4.69, 9.17) is 21.1 Å². The number of ether oxygens (including phenoxy) is 2. The number of para-hydroxylation sites is 1. The smallest absolute Gasteiger partial charge is 0.409 e. The zero-order chi connectivity index (χ0) is 16.7. The summed E-state index contributed by atoms with van der Waals surface area (Å²) in [5.41, 5.74) is 2.18. The van der Waals surface area contributed by atoms with Crippen molar-refractivity contribution in [2.24, 2.45) is 0 Å². The highest BCUT2D eigenvalue weighted by atomic mass is 35.5. The number of hydrogen-bond donors (Lipinski definition) is 0. The van der Waals surface area contributed by atoms with Crippen molar-refractivity contribution >= 4 is 17.7 Å². The molecule has 0 spiro atoms. The van der Waals surface area contributed by atoms with Crippen LogP contribution in [0.4, 0.5) is 4.79 Å². The highest BCUT2D eigenvalue weighted by Gasteiger charge is 2.41. The maximum absolute atomic E-state index is 12.2. The summed E-state index contributed by atoms with van der Waals surface area (Å²) in [7, 11) is 0. The van der Waals surface area contributed by atoms with Gasteiger partial charge in [-0.25, -0.2) is 4.79 Å². The molecule has 2 aliphatic heterocycles. The Balaban J connectivity index is 1.80. The minimum atomic E-state index is -0.257. The molecule has 4 rings (SSSR count). The van der Waals surface area contributed by atoms with Crippen LogP contribution in [0.3, 0.4) is 0 Å². The number of benzene rings is 2. The van der Waals surface area contributed by atoms with Crippen molar-refractivity contribution < 1.29 is 14.3 Å². The monoisotopic (exact) mass is 343 g/mol. The van der Waals surface area contributed by atoms with Gasteiger partial charge in [0, 0.05) is 41.1 Å². The molecule has 0 unspecified atom stereocenters. The molecule has 2 aliphatic rings. The van der Waals surface area contributed by atoms with Crippen LogP contribution in [0.1, 0.15) is 29.9 Å². The van der Waals surface area contributed by atoms with Crippen molar-refractivity contribution in [2.45, 2.75) is 18.8 Å². The van der Waals surface area contributed by atoms with Crippen LogP contribution in [-0.2, 0) is 4.74 Å². The Morgan fingerprint density at radius 2 is 1.88 bits per heavy atom. The summed E-state index contributed by atoms with van der Waals surface area (Å²) in [6.45, 7) is 3.43. The molecule has 2 heterocycles. The normalized spacial score (nSPS) is 21.2. The van der Waals surface area contributed by atoms with E-state index in [0.717, 1.165) is 22.6 Å². The van der Waals surface area contributed by atoms with Gasteiger partial charge in [0.25, 0.3) is 0 Å².